The van der Waals surface area contributed by atoms with Crippen LogP contribution in [0.2, 0.25) is 0 Å². The van der Waals surface area contributed by atoms with Gasteiger partial charge in [0.2, 0.25) is 0 Å². The summed E-state index contributed by atoms with van der Waals surface area (Å²) in [4.78, 5) is 2.70. The van der Waals surface area contributed by atoms with Gasteiger partial charge >= 0.3 is 0 Å². The van der Waals surface area contributed by atoms with E-state index >= 15 is 0 Å². The summed E-state index contributed by atoms with van der Waals surface area (Å²) in [5.41, 5.74) is 0. The minimum absolute atomic E-state index is 0.458. The molecule has 1 aliphatic rings. The van der Waals surface area contributed by atoms with Gasteiger partial charge in [0.05, 0.1) is 6.61 Å². The van der Waals surface area contributed by atoms with Gasteiger partial charge in [-0.2, -0.15) is 0 Å². The fraction of sp³-hybridized carbons (Fsp3) is 1.00. The van der Waals surface area contributed by atoms with Crippen LogP contribution in [0.4, 0.5) is 0 Å². The Labute approximate surface area is 113 Å². The van der Waals surface area contributed by atoms with Crippen LogP contribution in [0.5, 0.6) is 0 Å². The standard InChI is InChI=1S/C15H32N2O/c1-13(2)11-17(15-7-5-6-8-15)10-9-16-14(3)12-18-4/h13-16H,5-12H2,1-4H3. The number of methoxy groups -OCH3 is 1. The third kappa shape index (κ3) is 6.17. The Morgan fingerprint density at radius 2 is 1.89 bits per heavy atom. The minimum atomic E-state index is 0.458. The molecule has 1 saturated carbocycles. The van der Waals surface area contributed by atoms with Crippen molar-refractivity contribution in [2.75, 3.05) is 33.4 Å². The molecule has 1 N–H and O–H groups in total. The number of rotatable bonds is 9. The Hall–Kier alpha value is -0.120. The smallest absolute Gasteiger partial charge is 0.0613 e. The highest BCUT2D eigenvalue weighted by molar-refractivity contribution is 4.79. The first-order chi connectivity index (χ1) is 8.63. The van der Waals surface area contributed by atoms with Gasteiger partial charge in [-0.15, -0.1) is 0 Å². The van der Waals surface area contributed by atoms with E-state index in [1.54, 1.807) is 7.11 Å². The Morgan fingerprint density at radius 1 is 1.22 bits per heavy atom. The van der Waals surface area contributed by atoms with Crippen molar-refractivity contribution >= 4 is 0 Å². The van der Waals surface area contributed by atoms with Crippen LogP contribution in [0.15, 0.2) is 0 Å². The summed E-state index contributed by atoms with van der Waals surface area (Å²) in [6.07, 6.45) is 5.65. The van der Waals surface area contributed by atoms with Crippen molar-refractivity contribution in [3.63, 3.8) is 0 Å². The number of hydrogen-bond donors (Lipinski definition) is 1. The molecule has 0 spiro atoms. The van der Waals surface area contributed by atoms with E-state index in [9.17, 15) is 0 Å². The highest BCUT2D eigenvalue weighted by atomic mass is 16.5. The molecular weight excluding hydrogens is 224 g/mol. The van der Waals surface area contributed by atoms with E-state index in [-0.39, 0.29) is 0 Å². The maximum atomic E-state index is 5.15. The second-order valence-electron chi connectivity index (χ2n) is 6.14. The lowest BCUT2D eigenvalue weighted by molar-refractivity contribution is 0.156. The second kappa shape index (κ2) is 8.89. The molecule has 0 aliphatic heterocycles. The van der Waals surface area contributed by atoms with Gasteiger partial charge in [0, 0.05) is 38.8 Å². The summed E-state index contributed by atoms with van der Waals surface area (Å²) in [5, 5.41) is 3.54. The molecule has 1 unspecified atom stereocenters. The zero-order chi connectivity index (χ0) is 13.4. The highest BCUT2D eigenvalue weighted by Gasteiger charge is 2.22. The predicted molar refractivity (Wildman–Crippen MR) is 78.0 cm³/mol. The predicted octanol–water partition coefficient (Wildman–Crippen LogP) is 2.51. The summed E-state index contributed by atoms with van der Waals surface area (Å²) in [6, 6.07) is 1.30. The monoisotopic (exact) mass is 256 g/mol. The fourth-order valence-corrected chi connectivity index (χ4v) is 2.92. The molecular formula is C15H32N2O. The molecule has 0 saturated heterocycles. The van der Waals surface area contributed by atoms with E-state index in [4.69, 9.17) is 4.74 Å². The lowest BCUT2D eigenvalue weighted by Gasteiger charge is -2.31. The van der Waals surface area contributed by atoms with E-state index in [1.807, 2.05) is 0 Å². The summed E-state index contributed by atoms with van der Waals surface area (Å²) in [5.74, 6) is 0.766. The van der Waals surface area contributed by atoms with E-state index in [2.05, 4.69) is 31.0 Å². The molecule has 0 bridgehead atoms. The van der Waals surface area contributed by atoms with E-state index in [0.717, 1.165) is 25.1 Å². The van der Waals surface area contributed by atoms with Crippen molar-refractivity contribution in [2.45, 2.75) is 58.5 Å². The average molecular weight is 256 g/mol. The average Bonchev–Trinajstić information content (AvgIpc) is 2.81. The molecule has 0 aromatic rings. The van der Waals surface area contributed by atoms with Gasteiger partial charge in [-0.25, -0.2) is 0 Å². The van der Waals surface area contributed by atoms with Gasteiger partial charge in [0.15, 0.2) is 0 Å². The Balaban J connectivity index is 2.27. The lowest BCUT2D eigenvalue weighted by atomic mass is 10.1. The molecule has 1 aliphatic carbocycles. The molecule has 3 heteroatoms. The molecule has 1 fully saturated rings. The number of hydrogen-bond acceptors (Lipinski definition) is 3. The first kappa shape index (κ1) is 15.9. The van der Waals surface area contributed by atoms with Gasteiger partial charge in [-0.3, -0.25) is 4.90 Å². The van der Waals surface area contributed by atoms with Crippen LogP contribution >= 0.6 is 0 Å². The number of nitrogens with zero attached hydrogens (tertiary/aromatic N) is 1. The number of ether oxygens (including phenoxy) is 1. The van der Waals surface area contributed by atoms with Crippen molar-refractivity contribution in [3.05, 3.63) is 0 Å². The highest BCUT2D eigenvalue weighted by Crippen LogP contribution is 2.23. The zero-order valence-corrected chi connectivity index (χ0v) is 12.7. The third-order valence-corrected chi connectivity index (χ3v) is 3.75. The zero-order valence-electron chi connectivity index (χ0n) is 12.7. The minimum Gasteiger partial charge on any atom is -0.383 e. The van der Waals surface area contributed by atoms with Crippen LogP contribution in [0, 0.1) is 5.92 Å². The molecule has 108 valence electrons. The Kier molecular flexibility index (Phi) is 7.87. The van der Waals surface area contributed by atoms with Crippen molar-refractivity contribution in [1.29, 1.82) is 0 Å². The Bertz CT molecular complexity index is 203. The van der Waals surface area contributed by atoms with Crippen LogP contribution in [0.1, 0.15) is 46.5 Å². The SMILES string of the molecule is COCC(C)NCCN(CC(C)C)C1CCCC1. The van der Waals surface area contributed by atoms with Crippen LogP contribution in [0.3, 0.4) is 0 Å². The van der Waals surface area contributed by atoms with Crippen LogP contribution in [0.25, 0.3) is 0 Å². The summed E-state index contributed by atoms with van der Waals surface area (Å²) < 4.78 is 5.15. The van der Waals surface area contributed by atoms with Crippen LogP contribution in [-0.4, -0.2) is 50.3 Å². The molecule has 0 heterocycles. The largest absolute Gasteiger partial charge is 0.383 e. The van der Waals surface area contributed by atoms with Gasteiger partial charge < -0.3 is 10.1 Å². The summed E-state index contributed by atoms with van der Waals surface area (Å²) >= 11 is 0. The van der Waals surface area contributed by atoms with Gasteiger partial charge in [0.25, 0.3) is 0 Å². The topological polar surface area (TPSA) is 24.5 Å². The van der Waals surface area contributed by atoms with Crippen molar-refractivity contribution in [3.8, 4) is 0 Å². The fourth-order valence-electron chi connectivity index (χ4n) is 2.92. The quantitative estimate of drug-likeness (QED) is 0.686. The van der Waals surface area contributed by atoms with E-state index < -0.39 is 0 Å². The maximum absolute atomic E-state index is 5.15. The first-order valence-electron chi connectivity index (χ1n) is 7.59. The van der Waals surface area contributed by atoms with Crippen LogP contribution in [-0.2, 0) is 4.74 Å². The Morgan fingerprint density at radius 3 is 2.44 bits per heavy atom. The summed E-state index contributed by atoms with van der Waals surface area (Å²) in [6.45, 7) is 11.1. The second-order valence-corrected chi connectivity index (χ2v) is 6.14. The maximum Gasteiger partial charge on any atom is 0.0613 e. The van der Waals surface area contributed by atoms with Crippen molar-refractivity contribution in [1.82, 2.24) is 10.2 Å². The molecule has 0 radical (unpaired) electrons. The van der Waals surface area contributed by atoms with E-state index in [1.165, 1.54) is 38.8 Å². The normalized spacial score (nSPS) is 19.0. The molecule has 1 atom stereocenters. The van der Waals surface area contributed by atoms with Crippen molar-refractivity contribution in [2.24, 2.45) is 5.92 Å². The lowest BCUT2D eigenvalue weighted by Crippen LogP contribution is -2.43. The molecule has 0 aromatic heterocycles. The molecule has 18 heavy (non-hydrogen) atoms. The van der Waals surface area contributed by atoms with Gasteiger partial charge in [0.1, 0.15) is 0 Å². The molecule has 0 aromatic carbocycles. The number of nitrogens with one attached hydrogen (secondary N) is 1. The van der Waals surface area contributed by atoms with Gasteiger partial charge in [-0.05, 0) is 25.7 Å². The first-order valence-corrected chi connectivity index (χ1v) is 7.59. The molecule has 0 amide bonds. The van der Waals surface area contributed by atoms with Gasteiger partial charge in [-0.1, -0.05) is 26.7 Å². The third-order valence-electron chi connectivity index (χ3n) is 3.75. The molecule has 3 nitrogen and oxygen atoms in total. The molecule has 1 rings (SSSR count). The van der Waals surface area contributed by atoms with Crippen molar-refractivity contribution < 1.29 is 4.74 Å². The van der Waals surface area contributed by atoms with E-state index in [0.29, 0.717) is 6.04 Å². The van der Waals surface area contributed by atoms with Crippen LogP contribution < -0.4 is 5.32 Å². The summed E-state index contributed by atoms with van der Waals surface area (Å²) in [7, 11) is 1.77.